The third-order valence-corrected chi connectivity index (χ3v) is 5.70. The highest BCUT2D eigenvalue weighted by Gasteiger charge is 2.16. The minimum atomic E-state index is 0.187. The first-order valence-electron chi connectivity index (χ1n) is 10.1. The molecule has 0 unspecified atom stereocenters. The number of fused-ring (bicyclic) bond motifs is 2. The molecule has 30 heavy (non-hydrogen) atoms. The number of benzene rings is 2. The maximum Gasteiger partial charge on any atom is 0.159 e. The smallest absolute Gasteiger partial charge is 0.159 e. The van der Waals surface area contributed by atoms with Crippen molar-refractivity contribution in [2.45, 2.75) is 19.8 Å². The maximum absolute atomic E-state index is 9.18. The number of aromatic nitrogens is 5. The number of aliphatic hydroxyl groups excluding tert-OH is 1. The summed E-state index contributed by atoms with van der Waals surface area (Å²) < 4.78 is 1.89. The number of rotatable bonds is 5. The molecule has 150 valence electrons. The molecular formula is C24H23N5O. The van der Waals surface area contributed by atoms with Crippen LogP contribution in [0.5, 0.6) is 0 Å². The summed E-state index contributed by atoms with van der Waals surface area (Å²) in [6, 6.07) is 14.4. The Morgan fingerprint density at radius 1 is 1.10 bits per heavy atom. The fourth-order valence-electron chi connectivity index (χ4n) is 4.05. The molecule has 2 aromatic carbocycles. The summed E-state index contributed by atoms with van der Waals surface area (Å²) in [6.07, 6.45) is 5.37. The number of para-hydroxylation sites is 2. The van der Waals surface area contributed by atoms with Gasteiger partial charge in [0.2, 0.25) is 0 Å². The molecule has 0 radical (unpaired) electrons. The third-order valence-electron chi connectivity index (χ3n) is 5.70. The zero-order valence-electron chi connectivity index (χ0n) is 17.1. The number of aryl methyl sites for hydroxylation is 2. The van der Waals surface area contributed by atoms with Crippen molar-refractivity contribution in [3.63, 3.8) is 0 Å². The van der Waals surface area contributed by atoms with Crippen molar-refractivity contribution in [3.8, 4) is 22.6 Å². The first-order chi connectivity index (χ1) is 14.7. The van der Waals surface area contributed by atoms with E-state index in [1.54, 1.807) is 0 Å². The summed E-state index contributed by atoms with van der Waals surface area (Å²) >= 11 is 0. The Hall–Kier alpha value is -3.51. The van der Waals surface area contributed by atoms with Gasteiger partial charge in [-0.05, 0) is 60.7 Å². The lowest BCUT2D eigenvalue weighted by Crippen LogP contribution is -1.96. The highest BCUT2D eigenvalue weighted by molar-refractivity contribution is 5.96. The first-order valence-corrected chi connectivity index (χ1v) is 10.1. The molecule has 0 bridgehead atoms. The number of nitrogens with one attached hydrogen (secondary N) is 1. The van der Waals surface area contributed by atoms with Crippen molar-refractivity contribution in [3.05, 3.63) is 66.0 Å². The molecular weight excluding hydrogens is 374 g/mol. The molecule has 2 N–H and O–H groups in total. The molecule has 6 nitrogen and oxygen atoms in total. The molecule has 0 spiro atoms. The standard InChI is InChI=1S/C24H23N5O/c1-15-17(6-5-11-30)13-25-14-19(15)16-9-10-22-18(12-16)23(28-29(22)2)24-26-20-7-3-4-8-21(20)27-24/h3-4,7-10,12-14,30H,5-6,11H2,1-2H3,(H,26,27). The maximum atomic E-state index is 9.18. The summed E-state index contributed by atoms with van der Waals surface area (Å²) in [5.41, 5.74) is 8.40. The van der Waals surface area contributed by atoms with Crippen LogP contribution in [0.25, 0.3) is 44.6 Å². The molecule has 0 saturated carbocycles. The van der Waals surface area contributed by atoms with Crippen LogP contribution in [0.1, 0.15) is 17.5 Å². The van der Waals surface area contributed by atoms with Gasteiger partial charge in [0, 0.05) is 37.0 Å². The number of pyridine rings is 1. The van der Waals surface area contributed by atoms with Gasteiger partial charge in [0.05, 0.1) is 16.6 Å². The van der Waals surface area contributed by atoms with Crippen LogP contribution in [0.3, 0.4) is 0 Å². The highest BCUT2D eigenvalue weighted by atomic mass is 16.2. The van der Waals surface area contributed by atoms with Crippen molar-refractivity contribution < 1.29 is 5.11 Å². The van der Waals surface area contributed by atoms with Crippen LogP contribution in [0, 0.1) is 6.92 Å². The van der Waals surface area contributed by atoms with Crippen LogP contribution in [0.4, 0.5) is 0 Å². The minimum Gasteiger partial charge on any atom is -0.396 e. The first kappa shape index (κ1) is 18.5. The summed E-state index contributed by atoms with van der Waals surface area (Å²) in [5.74, 6) is 0.769. The number of H-pyrrole nitrogens is 1. The van der Waals surface area contributed by atoms with E-state index in [9.17, 15) is 5.11 Å². The van der Waals surface area contributed by atoms with Crippen LogP contribution < -0.4 is 0 Å². The van der Waals surface area contributed by atoms with E-state index in [1.165, 1.54) is 11.1 Å². The summed E-state index contributed by atoms with van der Waals surface area (Å²) in [5, 5.41) is 15.0. The summed E-state index contributed by atoms with van der Waals surface area (Å²) in [7, 11) is 1.95. The Bertz CT molecular complexity index is 1330. The van der Waals surface area contributed by atoms with Crippen molar-refractivity contribution >= 4 is 21.9 Å². The van der Waals surface area contributed by atoms with Gasteiger partial charge in [0.15, 0.2) is 5.82 Å². The van der Waals surface area contributed by atoms with Gasteiger partial charge >= 0.3 is 0 Å². The quantitative estimate of drug-likeness (QED) is 0.460. The molecule has 0 atom stereocenters. The molecule has 0 amide bonds. The zero-order valence-corrected chi connectivity index (χ0v) is 17.1. The predicted octanol–water partition coefficient (Wildman–Crippen LogP) is 4.41. The number of aromatic amines is 1. The average molecular weight is 397 g/mol. The van der Waals surface area contributed by atoms with Gasteiger partial charge < -0.3 is 10.1 Å². The van der Waals surface area contributed by atoms with E-state index in [2.05, 4.69) is 35.1 Å². The van der Waals surface area contributed by atoms with Crippen molar-refractivity contribution in [1.29, 1.82) is 0 Å². The van der Waals surface area contributed by atoms with Crippen molar-refractivity contribution in [2.24, 2.45) is 7.05 Å². The van der Waals surface area contributed by atoms with Crippen LogP contribution in [-0.4, -0.2) is 36.4 Å². The van der Waals surface area contributed by atoms with E-state index in [1.807, 2.05) is 48.4 Å². The van der Waals surface area contributed by atoms with Gasteiger partial charge in [-0.25, -0.2) is 4.98 Å². The van der Waals surface area contributed by atoms with E-state index >= 15 is 0 Å². The monoisotopic (exact) mass is 397 g/mol. The van der Waals surface area contributed by atoms with Crippen LogP contribution in [0.2, 0.25) is 0 Å². The Morgan fingerprint density at radius 3 is 2.80 bits per heavy atom. The Morgan fingerprint density at radius 2 is 1.97 bits per heavy atom. The lowest BCUT2D eigenvalue weighted by atomic mass is 9.96. The predicted molar refractivity (Wildman–Crippen MR) is 119 cm³/mol. The van der Waals surface area contributed by atoms with Gasteiger partial charge in [-0.1, -0.05) is 18.2 Å². The van der Waals surface area contributed by atoms with Gasteiger partial charge in [0.25, 0.3) is 0 Å². The number of hydrogen-bond acceptors (Lipinski definition) is 4. The van der Waals surface area contributed by atoms with Crippen LogP contribution in [-0.2, 0) is 13.5 Å². The molecule has 0 fully saturated rings. The van der Waals surface area contributed by atoms with Crippen molar-refractivity contribution in [2.75, 3.05) is 6.61 Å². The Balaban J connectivity index is 1.65. The second-order valence-electron chi connectivity index (χ2n) is 7.61. The van der Waals surface area contributed by atoms with E-state index < -0.39 is 0 Å². The average Bonchev–Trinajstić information content (AvgIpc) is 3.34. The fraction of sp³-hybridized carbons (Fsp3) is 0.208. The lowest BCUT2D eigenvalue weighted by molar-refractivity contribution is 0.288. The number of imidazole rings is 1. The number of nitrogens with zero attached hydrogens (tertiary/aromatic N) is 4. The molecule has 0 saturated heterocycles. The molecule has 0 aliphatic rings. The van der Waals surface area contributed by atoms with Crippen LogP contribution >= 0.6 is 0 Å². The van der Waals surface area contributed by atoms with E-state index in [0.717, 1.165) is 57.4 Å². The van der Waals surface area contributed by atoms with E-state index in [4.69, 9.17) is 10.1 Å². The van der Waals surface area contributed by atoms with E-state index in [0.29, 0.717) is 0 Å². The molecule has 3 heterocycles. The number of hydrogen-bond donors (Lipinski definition) is 2. The molecule has 6 heteroatoms. The van der Waals surface area contributed by atoms with E-state index in [-0.39, 0.29) is 6.61 Å². The second kappa shape index (κ2) is 7.39. The van der Waals surface area contributed by atoms with Gasteiger partial charge in [-0.15, -0.1) is 0 Å². The van der Waals surface area contributed by atoms with Crippen molar-refractivity contribution in [1.82, 2.24) is 24.7 Å². The largest absolute Gasteiger partial charge is 0.396 e. The molecule has 3 aromatic heterocycles. The van der Waals surface area contributed by atoms with Crippen LogP contribution in [0.15, 0.2) is 54.9 Å². The summed E-state index contributed by atoms with van der Waals surface area (Å²) in [6.45, 7) is 2.31. The lowest BCUT2D eigenvalue weighted by Gasteiger charge is -2.11. The van der Waals surface area contributed by atoms with Gasteiger partial charge in [-0.2, -0.15) is 5.10 Å². The second-order valence-corrected chi connectivity index (χ2v) is 7.61. The normalized spacial score (nSPS) is 11.6. The van der Waals surface area contributed by atoms with Gasteiger partial charge in [0.1, 0.15) is 5.69 Å². The fourth-order valence-corrected chi connectivity index (χ4v) is 4.05. The molecule has 5 aromatic rings. The molecule has 5 rings (SSSR count). The SMILES string of the molecule is Cc1c(CCCO)cncc1-c1ccc2c(c1)c(-c1nc3ccccc3[nH]1)nn2C. The third kappa shape index (κ3) is 3.06. The Kier molecular flexibility index (Phi) is 4.56. The van der Waals surface area contributed by atoms with Gasteiger partial charge in [-0.3, -0.25) is 9.67 Å². The Labute approximate surface area is 174 Å². The molecule has 0 aliphatic heterocycles. The minimum absolute atomic E-state index is 0.187. The molecule has 0 aliphatic carbocycles. The number of aliphatic hydroxyl groups is 1. The topological polar surface area (TPSA) is 79.6 Å². The summed E-state index contributed by atoms with van der Waals surface area (Å²) in [4.78, 5) is 12.6. The zero-order chi connectivity index (χ0) is 20.7. The highest BCUT2D eigenvalue weighted by Crippen LogP contribution is 2.33.